The summed E-state index contributed by atoms with van der Waals surface area (Å²) in [7, 11) is -4.09. The number of carbonyl (C=O) groups is 2. The highest BCUT2D eigenvalue weighted by Crippen LogP contribution is 2.22. The summed E-state index contributed by atoms with van der Waals surface area (Å²) < 4.78 is 54.3. The Bertz CT molecular complexity index is 1010. The van der Waals surface area contributed by atoms with Crippen molar-refractivity contribution in [3.05, 3.63) is 58.6 Å². The number of sulfonamides is 1. The topological polar surface area (TPSA) is 116 Å². The average Bonchev–Trinajstić information content (AvgIpc) is 2.57. The molecule has 0 bridgehead atoms. The highest BCUT2D eigenvalue weighted by molar-refractivity contribution is 7.89. The summed E-state index contributed by atoms with van der Waals surface area (Å²) in [6.07, 6.45) is -1.42. The molecule has 0 heterocycles. The summed E-state index contributed by atoms with van der Waals surface area (Å²) in [5.74, 6) is -3.70. The molecule has 0 spiro atoms. The molecule has 2 aromatic carbocycles. The van der Waals surface area contributed by atoms with Crippen LogP contribution in [0.1, 0.15) is 17.3 Å². The van der Waals surface area contributed by atoms with Gasteiger partial charge in [0.1, 0.15) is 11.6 Å². The van der Waals surface area contributed by atoms with E-state index in [9.17, 15) is 26.8 Å². The van der Waals surface area contributed by atoms with E-state index in [2.05, 4.69) is 5.32 Å². The minimum Gasteiger partial charge on any atom is -0.449 e. The molecule has 0 radical (unpaired) electrons. The maximum atomic E-state index is 13.6. The zero-order valence-electron chi connectivity index (χ0n) is 13.7. The third kappa shape index (κ3) is 5.22. The minimum absolute atomic E-state index is 0.129. The highest BCUT2D eigenvalue weighted by Gasteiger charge is 2.23. The van der Waals surface area contributed by atoms with Gasteiger partial charge in [-0.2, -0.15) is 0 Å². The molecule has 0 aliphatic carbocycles. The van der Waals surface area contributed by atoms with E-state index in [4.69, 9.17) is 21.5 Å². The van der Waals surface area contributed by atoms with Crippen molar-refractivity contribution in [1.82, 2.24) is 0 Å². The smallest absolute Gasteiger partial charge is 0.340 e. The lowest BCUT2D eigenvalue weighted by Crippen LogP contribution is -2.30. The lowest BCUT2D eigenvalue weighted by atomic mass is 10.2. The van der Waals surface area contributed by atoms with Crippen LogP contribution in [0.3, 0.4) is 0 Å². The molecule has 0 fully saturated rings. The standard InChI is InChI=1S/C16H13ClF2N2O5S/c1-8(15(22)21-14-6-9(18)2-5-13(14)19)26-16(23)11-7-10(27(20,24)25)3-4-12(11)17/h2-8H,1H3,(H,21,22)(H2,20,24,25). The van der Waals surface area contributed by atoms with Crippen LogP contribution in [-0.4, -0.2) is 26.4 Å². The summed E-state index contributed by atoms with van der Waals surface area (Å²) in [6, 6.07) is 5.57. The number of hydrogen-bond acceptors (Lipinski definition) is 5. The van der Waals surface area contributed by atoms with Crippen LogP contribution < -0.4 is 10.5 Å². The van der Waals surface area contributed by atoms with Crippen LogP contribution in [0, 0.1) is 11.6 Å². The monoisotopic (exact) mass is 418 g/mol. The molecular formula is C16H13ClF2N2O5S. The summed E-state index contributed by atoms with van der Waals surface area (Å²) in [5.41, 5.74) is -0.767. The van der Waals surface area contributed by atoms with Crippen molar-refractivity contribution in [2.24, 2.45) is 5.14 Å². The number of rotatable bonds is 5. The lowest BCUT2D eigenvalue weighted by molar-refractivity contribution is -0.123. The van der Waals surface area contributed by atoms with E-state index in [1.807, 2.05) is 0 Å². The van der Waals surface area contributed by atoms with Crippen molar-refractivity contribution in [1.29, 1.82) is 0 Å². The number of esters is 1. The number of primary sulfonamides is 1. The Labute approximate surface area is 158 Å². The van der Waals surface area contributed by atoms with Gasteiger partial charge in [-0.15, -0.1) is 0 Å². The molecular weight excluding hydrogens is 406 g/mol. The van der Waals surface area contributed by atoms with Gasteiger partial charge in [0, 0.05) is 6.07 Å². The normalized spacial score (nSPS) is 12.3. The van der Waals surface area contributed by atoms with Crippen molar-refractivity contribution >= 4 is 39.2 Å². The minimum atomic E-state index is -4.09. The predicted octanol–water partition coefficient (Wildman–Crippen LogP) is 2.45. The molecule has 0 saturated carbocycles. The molecule has 11 heteroatoms. The fourth-order valence-corrected chi connectivity index (χ4v) is 2.68. The van der Waals surface area contributed by atoms with Gasteiger partial charge in [-0.1, -0.05) is 11.6 Å². The first-order valence-electron chi connectivity index (χ1n) is 7.28. The van der Waals surface area contributed by atoms with E-state index in [1.165, 1.54) is 6.92 Å². The molecule has 7 nitrogen and oxygen atoms in total. The Hall–Kier alpha value is -2.56. The number of hydrogen-bond donors (Lipinski definition) is 2. The second kappa shape index (κ2) is 7.99. The Morgan fingerprint density at radius 3 is 2.48 bits per heavy atom. The number of amides is 1. The van der Waals surface area contributed by atoms with E-state index < -0.39 is 45.3 Å². The van der Waals surface area contributed by atoms with Crippen molar-refractivity contribution in [3.63, 3.8) is 0 Å². The van der Waals surface area contributed by atoms with Gasteiger partial charge >= 0.3 is 5.97 Å². The molecule has 0 aromatic heterocycles. The molecule has 1 atom stereocenters. The molecule has 2 rings (SSSR count). The first kappa shape index (κ1) is 20.7. The largest absolute Gasteiger partial charge is 0.449 e. The quantitative estimate of drug-likeness (QED) is 0.723. The molecule has 1 unspecified atom stereocenters. The van der Waals surface area contributed by atoms with Crippen LogP contribution in [0.25, 0.3) is 0 Å². The first-order valence-corrected chi connectivity index (χ1v) is 9.20. The van der Waals surface area contributed by atoms with Crippen molar-refractivity contribution < 1.29 is 31.5 Å². The molecule has 3 N–H and O–H groups in total. The summed E-state index contributed by atoms with van der Waals surface area (Å²) in [4.78, 5) is 23.8. The van der Waals surface area contributed by atoms with Crippen molar-refractivity contribution in [2.75, 3.05) is 5.32 Å². The van der Waals surface area contributed by atoms with E-state index >= 15 is 0 Å². The first-order chi connectivity index (χ1) is 12.5. The van der Waals surface area contributed by atoms with Crippen LogP contribution in [0.15, 0.2) is 41.3 Å². The van der Waals surface area contributed by atoms with Crippen molar-refractivity contribution in [2.45, 2.75) is 17.9 Å². The van der Waals surface area contributed by atoms with E-state index in [-0.39, 0.29) is 15.5 Å². The van der Waals surface area contributed by atoms with Gasteiger partial charge in [0.15, 0.2) is 6.10 Å². The van der Waals surface area contributed by atoms with Gasteiger partial charge in [0.2, 0.25) is 10.0 Å². The molecule has 27 heavy (non-hydrogen) atoms. The Morgan fingerprint density at radius 2 is 1.85 bits per heavy atom. The lowest BCUT2D eigenvalue weighted by Gasteiger charge is -2.15. The molecule has 0 saturated heterocycles. The number of halogens is 3. The number of benzene rings is 2. The Morgan fingerprint density at radius 1 is 1.19 bits per heavy atom. The average molecular weight is 419 g/mol. The van der Waals surface area contributed by atoms with E-state index in [1.54, 1.807) is 0 Å². The SMILES string of the molecule is CC(OC(=O)c1cc(S(N)(=O)=O)ccc1Cl)C(=O)Nc1cc(F)ccc1F. The molecule has 2 aromatic rings. The predicted molar refractivity (Wildman–Crippen MR) is 92.7 cm³/mol. The Balaban J connectivity index is 2.15. The van der Waals surface area contributed by atoms with Gasteiger partial charge < -0.3 is 10.1 Å². The van der Waals surface area contributed by atoms with Crippen LogP contribution in [0.2, 0.25) is 5.02 Å². The van der Waals surface area contributed by atoms with Gasteiger partial charge in [-0.3, -0.25) is 4.79 Å². The fraction of sp³-hybridized carbons (Fsp3) is 0.125. The van der Waals surface area contributed by atoms with Gasteiger partial charge in [0.05, 0.1) is 21.2 Å². The number of anilines is 1. The summed E-state index contributed by atoms with van der Waals surface area (Å²) in [5, 5.41) is 6.93. The van der Waals surface area contributed by atoms with Gasteiger partial charge in [-0.05, 0) is 37.3 Å². The second-order valence-corrected chi connectivity index (χ2v) is 7.32. The number of nitrogens with one attached hydrogen (secondary N) is 1. The summed E-state index contributed by atoms with van der Waals surface area (Å²) >= 11 is 5.84. The maximum Gasteiger partial charge on any atom is 0.340 e. The van der Waals surface area contributed by atoms with E-state index in [0.717, 1.165) is 36.4 Å². The third-order valence-electron chi connectivity index (χ3n) is 3.33. The van der Waals surface area contributed by atoms with E-state index in [0.29, 0.717) is 0 Å². The number of ether oxygens (including phenoxy) is 1. The molecule has 0 aliphatic heterocycles. The highest BCUT2D eigenvalue weighted by atomic mass is 35.5. The zero-order valence-corrected chi connectivity index (χ0v) is 15.3. The molecule has 0 aliphatic rings. The van der Waals surface area contributed by atoms with Crippen molar-refractivity contribution in [3.8, 4) is 0 Å². The zero-order chi connectivity index (χ0) is 20.4. The van der Waals surface area contributed by atoms with Gasteiger partial charge in [0.25, 0.3) is 5.91 Å². The Kier molecular flexibility index (Phi) is 6.14. The maximum absolute atomic E-state index is 13.6. The van der Waals surface area contributed by atoms with Crippen LogP contribution in [0.5, 0.6) is 0 Å². The number of carbonyl (C=O) groups excluding carboxylic acids is 2. The van der Waals surface area contributed by atoms with Gasteiger partial charge in [-0.25, -0.2) is 27.1 Å². The second-order valence-electron chi connectivity index (χ2n) is 5.35. The fourth-order valence-electron chi connectivity index (χ4n) is 1.94. The summed E-state index contributed by atoms with van der Waals surface area (Å²) in [6.45, 7) is 1.18. The molecule has 144 valence electrons. The van der Waals surface area contributed by atoms with Crippen LogP contribution >= 0.6 is 11.6 Å². The van der Waals surface area contributed by atoms with Crippen LogP contribution in [0.4, 0.5) is 14.5 Å². The molecule has 1 amide bonds. The third-order valence-corrected chi connectivity index (χ3v) is 4.57. The van der Waals surface area contributed by atoms with Crippen LogP contribution in [-0.2, 0) is 19.6 Å². The number of nitrogens with two attached hydrogens (primary N) is 1.